The number of para-hydroxylation sites is 2. The fourth-order valence-corrected chi connectivity index (χ4v) is 4.93. The lowest BCUT2D eigenvalue weighted by Crippen LogP contribution is -2.25. The Morgan fingerprint density at radius 1 is 1.03 bits per heavy atom. The van der Waals surface area contributed by atoms with Crippen molar-refractivity contribution in [3.05, 3.63) is 72.6 Å². The van der Waals surface area contributed by atoms with E-state index in [-0.39, 0.29) is 11.9 Å². The summed E-state index contributed by atoms with van der Waals surface area (Å²) in [6.45, 7) is 7.99. The number of amides is 1. The van der Waals surface area contributed by atoms with Crippen LogP contribution in [-0.4, -0.2) is 40.7 Å². The first kappa shape index (κ1) is 22.9. The number of rotatable bonds is 7. The maximum absolute atomic E-state index is 13.1. The molecule has 1 unspecified atom stereocenters. The van der Waals surface area contributed by atoms with Crippen molar-refractivity contribution in [1.29, 1.82) is 0 Å². The Labute approximate surface area is 207 Å². The molecule has 178 valence electrons. The van der Waals surface area contributed by atoms with Gasteiger partial charge < -0.3 is 10.3 Å². The molecule has 0 bridgehead atoms. The van der Waals surface area contributed by atoms with Gasteiger partial charge in [0.15, 0.2) is 11.0 Å². The monoisotopic (exact) mass is 485 g/mol. The fourth-order valence-electron chi connectivity index (χ4n) is 4.07. The number of aromatic nitrogens is 6. The number of carbonyl (C=O) groups excluding carboxylic acids is 1. The van der Waals surface area contributed by atoms with E-state index in [2.05, 4.69) is 44.7 Å². The van der Waals surface area contributed by atoms with Crippen molar-refractivity contribution in [3.8, 4) is 17.1 Å². The van der Waals surface area contributed by atoms with Gasteiger partial charge in [0.2, 0.25) is 5.91 Å². The van der Waals surface area contributed by atoms with Crippen molar-refractivity contribution >= 4 is 34.4 Å². The first-order chi connectivity index (χ1) is 16.9. The minimum atomic E-state index is -0.409. The van der Waals surface area contributed by atoms with Crippen LogP contribution in [0.1, 0.15) is 32.4 Å². The lowest BCUT2D eigenvalue weighted by atomic mass is 10.1. The Balaban J connectivity index is 1.51. The van der Waals surface area contributed by atoms with E-state index >= 15 is 0 Å². The van der Waals surface area contributed by atoms with Gasteiger partial charge in [-0.3, -0.25) is 9.36 Å². The average Bonchev–Trinajstić information content (AvgIpc) is 3.57. The normalized spacial score (nSPS) is 12.4. The molecule has 0 aliphatic heterocycles. The minimum Gasteiger partial charge on any atom is -0.360 e. The van der Waals surface area contributed by atoms with Gasteiger partial charge in [0.25, 0.3) is 0 Å². The van der Waals surface area contributed by atoms with Gasteiger partial charge in [0, 0.05) is 34.8 Å². The van der Waals surface area contributed by atoms with Crippen LogP contribution in [0.2, 0.25) is 0 Å². The number of nitrogens with zero attached hydrogens (tertiary/aromatic N) is 5. The number of aromatic amines is 1. The molecule has 35 heavy (non-hydrogen) atoms. The zero-order valence-electron chi connectivity index (χ0n) is 20.1. The van der Waals surface area contributed by atoms with Crippen LogP contribution in [0.25, 0.3) is 28.0 Å². The summed E-state index contributed by atoms with van der Waals surface area (Å²) in [6, 6.07) is 18.2. The molecular formula is C26H27N7OS. The zero-order chi connectivity index (χ0) is 24.5. The van der Waals surface area contributed by atoms with E-state index in [4.69, 9.17) is 0 Å². The van der Waals surface area contributed by atoms with E-state index in [0.717, 1.165) is 33.5 Å². The Hall–Kier alpha value is -3.85. The van der Waals surface area contributed by atoms with Crippen molar-refractivity contribution in [2.45, 2.75) is 44.1 Å². The lowest BCUT2D eigenvalue weighted by molar-refractivity contribution is -0.115. The fraction of sp³-hybridized carbons (Fsp3) is 0.231. The second kappa shape index (κ2) is 9.42. The van der Waals surface area contributed by atoms with Gasteiger partial charge in [0.1, 0.15) is 5.82 Å². The predicted octanol–water partition coefficient (Wildman–Crippen LogP) is 5.62. The molecule has 0 radical (unpaired) electrons. The summed E-state index contributed by atoms with van der Waals surface area (Å²) < 4.78 is 3.83. The minimum absolute atomic E-state index is 0.120. The zero-order valence-corrected chi connectivity index (χ0v) is 20.9. The third-order valence-electron chi connectivity index (χ3n) is 5.88. The molecule has 3 heterocycles. The summed E-state index contributed by atoms with van der Waals surface area (Å²) in [7, 11) is 0. The highest BCUT2D eigenvalue weighted by Gasteiger charge is 2.24. The molecule has 0 saturated carbocycles. The topological polar surface area (TPSA) is 93.4 Å². The van der Waals surface area contributed by atoms with E-state index < -0.39 is 5.25 Å². The van der Waals surface area contributed by atoms with Crippen LogP contribution >= 0.6 is 11.8 Å². The average molecular weight is 486 g/mol. The number of anilines is 1. The van der Waals surface area contributed by atoms with Crippen molar-refractivity contribution in [2.24, 2.45) is 0 Å². The summed E-state index contributed by atoms with van der Waals surface area (Å²) in [5, 5.41) is 17.7. The highest BCUT2D eigenvalue weighted by atomic mass is 32.2. The number of hydrogen-bond acceptors (Lipinski definition) is 5. The molecule has 0 fully saturated rings. The molecule has 0 aliphatic rings. The lowest BCUT2D eigenvalue weighted by Gasteiger charge is -2.16. The van der Waals surface area contributed by atoms with Crippen molar-refractivity contribution in [3.63, 3.8) is 0 Å². The van der Waals surface area contributed by atoms with Crippen LogP contribution in [0.4, 0.5) is 5.82 Å². The number of thioether (sulfide) groups is 1. The quantitative estimate of drug-likeness (QED) is 0.292. The van der Waals surface area contributed by atoms with Crippen LogP contribution in [0, 0.1) is 6.92 Å². The summed E-state index contributed by atoms with van der Waals surface area (Å²) in [4.78, 5) is 16.4. The van der Waals surface area contributed by atoms with Crippen molar-refractivity contribution < 1.29 is 4.79 Å². The Morgan fingerprint density at radius 2 is 1.80 bits per heavy atom. The number of fused-ring (bicyclic) bond motifs is 1. The van der Waals surface area contributed by atoms with E-state index in [1.54, 1.807) is 16.9 Å². The predicted molar refractivity (Wildman–Crippen MR) is 140 cm³/mol. The van der Waals surface area contributed by atoms with Gasteiger partial charge in [-0.1, -0.05) is 48.2 Å². The highest BCUT2D eigenvalue weighted by molar-refractivity contribution is 8.00. The Bertz CT molecular complexity index is 1500. The van der Waals surface area contributed by atoms with Crippen LogP contribution in [0.5, 0.6) is 0 Å². The third kappa shape index (κ3) is 4.35. The van der Waals surface area contributed by atoms with Crippen LogP contribution in [0.15, 0.2) is 72.1 Å². The summed E-state index contributed by atoms with van der Waals surface area (Å²) in [5.41, 5.74) is 4.06. The standard InChI is InChI=1S/C26H27N7OS/c1-16(2)33-23(13-14-28-33)29-25(34)18(4)35-26-31-30-24(32(26)22-12-8-5-9-17(22)3)20-15-27-21-11-7-6-10-19(20)21/h5-16,18,27H,1-4H3,(H,29,34). The molecule has 2 aromatic carbocycles. The molecule has 3 aromatic heterocycles. The van der Waals surface area contributed by atoms with Crippen LogP contribution in [0.3, 0.4) is 0 Å². The van der Waals surface area contributed by atoms with E-state index in [1.807, 2.05) is 67.9 Å². The number of carbonyl (C=O) groups is 1. The first-order valence-corrected chi connectivity index (χ1v) is 12.4. The maximum atomic E-state index is 13.1. The molecule has 9 heteroatoms. The summed E-state index contributed by atoms with van der Waals surface area (Å²) >= 11 is 1.38. The van der Waals surface area contributed by atoms with Crippen molar-refractivity contribution in [1.82, 2.24) is 29.5 Å². The molecule has 8 nitrogen and oxygen atoms in total. The van der Waals surface area contributed by atoms with E-state index in [0.29, 0.717) is 11.0 Å². The molecule has 0 aliphatic carbocycles. The largest absolute Gasteiger partial charge is 0.360 e. The second-order valence-corrected chi connectivity index (χ2v) is 9.99. The molecule has 2 N–H and O–H groups in total. The van der Waals surface area contributed by atoms with E-state index in [1.165, 1.54) is 11.8 Å². The number of benzene rings is 2. The Morgan fingerprint density at radius 3 is 2.60 bits per heavy atom. The molecule has 5 rings (SSSR count). The Kier molecular flexibility index (Phi) is 6.17. The summed E-state index contributed by atoms with van der Waals surface area (Å²) in [5.74, 6) is 1.28. The number of nitrogens with one attached hydrogen (secondary N) is 2. The molecular weight excluding hydrogens is 458 g/mol. The van der Waals surface area contributed by atoms with Gasteiger partial charge in [-0.2, -0.15) is 5.10 Å². The first-order valence-electron chi connectivity index (χ1n) is 11.5. The molecule has 0 saturated heterocycles. The van der Waals surface area contributed by atoms with Gasteiger partial charge in [0.05, 0.1) is 17.1 Å². The summed E-state index contributed by atoms with van der Waals surface area (Å²) in [6.07, 6.45) is 3.65. The maximum Gasteiger partial charge on any atom is 0.238 e. The number of aryl methyl sites for hydroxylation is 1. The number of H-pyrrole nitrogens is 1. The van der Waals surface area contributed by atoms with Gasteiger partial charge >= 0.3 is 0 Å². The number of hydrogen-bond donors (Lipinski definition) is 2. The highest BCUT2D eigenvalue weighted by Crippen LogP contribution is 2.34. The molecule has 1 atom stereocenters. The van der Waals surface area contributed by atoms with Crippen LogP contribution < -0.4 is 5.32 Å². The SMILES string of the molecule is Cc1ccccc1-n1c(SC(C)C(=O)Nc2ccnn2C(C)C)nnc1-c1c[nH]c2ccccc12. The van der Waals surface area contributed by atoms with Gasteiger partial charge in [-0.25, -0.2) is 4.68 Å². The molecule has 5 aromatic rings. The van der Waals surface area contributed by atoms with Gasteiger partial charge in [-0.05, 0) is 45.4 Å². The van der Waals surface area contributed by atoms with Crippen LogP contribution in [-0.2, 0) is 4.79 Å². The smallest absolute Gasteiger partial charge is 0.238 e. The van der Waals surface area contributed by atoms with Gasteiger partial charge in [-0.15, -0.1) is 10.2 Å². The molecule has 1 amide bonds. The van der Waals surface area contributed by atoms with Crippen molar-refractivity contribution in [2.75, 3.05) is 5.32 Å². The second-order valence-electron chi connectivity index (χ2n) is 8.68. The third-order valence-corrected chi connectivity index (χ3v) is 6.92. The van der Waals surface area contributed by atoms with E-state index in [9.17, 15) is 4.79 Å². The molecule has 0 spiro atoms.